The fraction of sp³-hybridized carbons (Fsp3) is 0.667. The Kier molecular flexibility index (Phi) is 6.60. The van der Waals surface area contributed by atoms with Crippen molar-refractivity contribution in [2.24, 2.45) is 16.7 Å². The third-order valence-electron chi connectivity index (χ3n) is 8.02. The number of rotatable bonds is 6. The van der Waals surface area contributed by atoms with Gasteiger partial charge in [-0.25, -0.2) is 4.98 Å². The van der Waals surface area contributed by atoms with Crippen LogP contribution in [0.4, 0.5) is 5.82 Å². The van der Waals surface area contributed by atoms with Gasteiger partial charge in [-0.2, -0.15) is 0 Å². The first-order chi connectivity index (χ1) is 14.8. The summed E-state index contributed by atoms with van der Waals surface area (Å²) >= 11 is 0. The Morgan fingerprint density at radius 2 is 1.77 bits per heavy atom. The zero-order valence-electron chi connectivity index (χ0n) is 20.0. The van der Waals surface area contributed by atoms with Gasteiger partial charge in [-0.05, 0) is 73.1 Å². The topological polar surface area (TPSA) is 39.6 Å². The predicted octanol–water partition coefficient (Wildman–Crippen LogP) is 5.15. The highest BCUT2D eigenvalue weighted by Crippen LogP contribution is 2.56. The zero-order chi connectivity index (χ0) is 22.1. The van der Waals surface area contributed by atoms with Crippen molar-refractivity contribution >= 4 is 11.4 Å². The van der Waals surface area contributed by atoms with Gasteiger partial charge in [-0.3, -0.25) is 4.90 Å². The van der Waals surface area contributed by atoms with Crippen LogP contribution in [0, 0.1) is 16.7 Å². The van der Waals surface area contributed by atoms with Gasteiger partial charge in [0, 0.05) is 32.8 Å². The van der Waals surface area contributed by atoms with Crippen LogP contribution in [-0.4, -0.2) is 54.3 Å². The van der Waals surface area contributed by atoms with Crippen molar-refractivity contribution in [1.82, 2.24) is 9.88 Å². The van der Waals surface area contributed by atoms with Gasteiger partial charge >= 0.3 is 0 Å². The molecule has 1 aliphatic heterocycles. The minimum atomic E-state index is 0.304. The molecule has 4 nitrogen and oxygen atoms in total. The summed E-state index contributed by atoms with van der Waals surface area (Å²) in [5, 5.41) is 9.00. The van der Waals surface area contributed by atoms with Gasteiger partial charge in [0.1, 0.15) is 5.82 Å². The van der Waals surface area contributed by atoms with Crippen molar-refractivity contribution in [1.29, 1.82) is 0 Å². The Balaban J connectivity index is 1.47. The fourth-order valence-electron chi connectivity index (χ4n) is 5.67. The number of anilines is 1. The Labute approximate surface area is 189 Å². The standard InChI is InChI=1S/C27H41N3O/c1-26(2)12-13-27(3,4)23-20-21(10-11-22(23)26)24-8-7-9-25(28-24)30-17-15-29(16-18-30)14-5-6-19-31/h7-11,23,31H,5-6,12-20H2,1-4H3. The minimum Gasteiger partial charge on any atom is -0.396 e. The molecule has 2 heterocycles. The zero-order valence-corrected chi connectivity index (χ0v) is 20.0. The summed E-state index contributed by atoms with van der Waals surface area (Å²) in [5.74, 6) is 1.73. The van der Waals surface area contributed by atoms with Crippen LogP contribution in [0.15, 0.2) is 35.9 Å². The maximum Gasteiger partial charge on any atom is 0.129 e. The highest BCUT2D eigenvalue weighted by atomic mass is 16.2. The van der Waals surface area contributed by atoms with E-state index >= 15 is 0 Å². The lowest BCUT2D eigenvalue weighted by molar-refractivity contribution is 0.125. The number of pyridine rings is 1. The van der Waals surface area contributed by atoms with Gasteiger partial charge in [-0.15, -0.1) is 0 Å². The van der Waals surface area contributed by atoms with Gasteiger partial charge in [0.05, 0.1) is 5.69 Å². The molecule has 1 unspecified atom stereocenters. The molecule has 2 fully saturated rings. The highest BCUT2D eigenvalue weighted by molar-refractivity contribution is 5.68. The van der Waals surface area contributed by atoms with Crippen LogP contribution in [0.5, 0.6) is 0 Å². The molecule has 4 rings (SSSR count). The average molecular weight is 424 g/mol. The second kappa shape index (κ2) is 9.07. The van der Waals surface area contributed by atoms with Crippen LogP contribution in [0.2, 0.25) is 0 Å². The van der Waals surface area contributed by atoms with Crippen molar-refractivity contribution in [3.63, 3.8) is 0 Å². The number of allylic oxidation sites excluding steroid dienone is 4. The van der Waals surface area contributed by atoms with Crippen LogP contribution in [0.3, 0.4) is 0 Å². The largest absolute Gasteiger partial charge is 0.396 e. The number of aromatic nitrogens is 1. The molecule has 1 saturated heterocycles. The van der Waals surface area contributed by atoms with Crippen LogP contribution in [0.25, 0.3) is 5.57 Å². The maximum atomic E-state index is 9.00. The quantitative estimate of drug-likeness (QED) is 0.642. The molecule has 0 amide bonds. The molecule has 1 N–H and O–H groups in total. The van der Waals surface area contributed by atoms with Crippen molar-refractivity contribution in [3.8, 4) is 0 Å². The Bertz CT molecular complexity index is 831. The number of fused-ring (bicyclic) bond motifs is 1. The Morgan fingerprint density at radius 3 is 2.52 bits per heavy atom. The lowest BCUT2D eigenvalue weighted by Gasteiger charge is -2.50. The molecule has 0 spiro atoms. The van der Waals surface area contributed by atoms with Crippen LogP contribution in [0.1, 0.15) is 65.5 Å². The summed E-state index contributed by atoms with van der Waals surface area (Å²) in [4.78, 5) is 10.1. The Hall–Kier alpha value is -1.65. The summed E-state index contributed by atoms with van der Waals surface area (Å²) in [6, 6.07) is 6.55. The molecule has 1 saturated carbocycles. The molecule has 4 heteroatoms. The number of hydrogen-bond acceptors (Lipinski definition) is 4. The summed E-state index contributed by atoms with van der Waals surface area (Å²) < 4.78 is 0. The van der Waals surface area contributed by atoms with Crippen molar-refractivity contribution < 1.29 is 5.11 Å². The molecular weight excluding hydrogens is 382 g/mol. The first-order valence-corrected chi connectivity index (χ1v) is 12.3. The summed E-state index contributed by atoms with van der Waals surface area (Å²) in [6.07, 6.45) is 10.4. The third kappa shape index (κ3) is 4.90. The second-order valence-corrected chi connectivity index (χ2v) is 11.1. The van der Waals surface area contributed by atoms with E-state index in [1.54, 1.807) is 5.57 Å². The normalized spacial score (nSPS) is 25.6. The van der Waals surface area contributed by atoms with E-state index in [9.17, 15) is 0 Å². The molecular formula is C27H41N3O. The average Bonchev–Trinajstić information content (AvgIpc) is 2.78. The van der Waals surface area contributed by atoms with Crippen molar-refractivity contribution in [2.45, 2.75) is 59.8 Å². The van der Waals surface area contributed by atoms with Gasteiger partial charge in [0.15, 0.2) is 0 Å². The van der Waals surface area contributed by atoms with Crippen LogP contribution >= 0.6 is 0 Å². The summed E-state index contributed by atoms with van der Waals surface area (Å²) in [6.45, 7) is 15.4. The molecule has 1 aromatic heterocycles. The van der Waals surface area contributed by atoms with Crippen molar-refractivity contribution in [2.75, 3.05) is 44.2 Å². The first-order valence-electron chi connectivity index (χ1n) is 12.3. The minimum absolute atomic E-state index is 0.304. The van der Waals surface area contributed by atoms with Gasteiger partial charge in [-0.1, -0.05) is 51.5 Å². The lowest BCUT2D eigenvalue weighted by atomic mass is 9.55. The molecule has 1 atom stereocenters. The van der Waals surface area contributed by atoms with Gasteiger partial charge in [0.2, 0.25) is 0 Å². The van der Waals surface area contributed by atoms with Gasteiger partial charge in [0.25, 0.3) is 0 Å². The highest BCUT2D eigenvalue weighted by Gasteiger charge is 2.44. The van der Waals surface area contributed by atoms with Gasteiger partial charge < -0.3 is 10.0 Å². The molecule has 2 aliphatic carbocycles. The number of aliphatic hydroxyl groups is 1. The second-order valence-electron chi connectivity index (χ2n) is 11.1. The molecule has 0 bridgehead atoms. The lowest BCUT2D eigenvalue weighted by Crippen LogP contribution is -2.47. The smallest absolute Gasteiger partial charge is 0.129 e. The number of nitrogens with zero attached hydrogens (tertiary/aromatic N) is 3. The van der Waals surface area contributed by atoms with E-state index in [0.717, 1.165) is 63.5 Å². The van der Waals surface area contributed by atoms with E-state index in [1.165, 1.54) is 18.4 Å². The molecule has 31 heavy (non-hydrogen) atoms. The molecule has 1 aromatic rings. The van der Waals surface area contributed by atoms with Crippen LogP contribution in [-0.2, 0) is 0 Å². The van der Waals surface area contributed by atoms with E-state index in [4.69, 9.17) is 10.1 Å². The molecule has 3 aliphatic rings. The predicted molar refractivity (Wildman–Crippen MR) is 130 cm³/mol. The van der Waals surface area contributed by atoms with E-state index in [1.807, 2.05) is 0 Å². The maximum absolute atomic E-state index is 9.00. The van der Waals surface area contributed by atoms with E-state index < -0.39 is 0 Å². The van der Waals surface area contributed by atoms with E-state index in [-0.39, 0.29) is 0 Å². The molecule has 0 aromatic carbocycles. The summed E-state index contributed by atoms with van der Waals surface area (Å²) in [5.41, 5.74) is 4.85. The monoisotopic (exact) mass is 423 g/mol. The van der Waals surface area contributed by atoms with E-state index in [2.05, 4.69) is 67.8 Å². The van der Waals surface area contributed by atoms with E-state index in [0.29, 0.717) is 23.4 Å². The number of aliphatic hydroxyl groups excluding tert-OH is 1. The fourth-order valence-corrected chi connectivity index (χ4v) is 5.67. The summed E-state index contributed by atoms with van der Waals surface area (Å²) in [7, 11) is 0. The third-order valence-corrected chi connectivity index (χ3v) is 8.02. The molecule has 0 radical (unpaired) electrons. The first kappa shape index (κ1) is 22.5. The van der Waals surface area contributed by atoms with Crippen LogP contribution < -0.4 is 4.90 Å². The Morgan fingerprint density at radius 1 is 1.00 bits per heavy atom. The number of piperazine rings is 1. The van der Waals surface area contributed by atoms with Crippen molar-refractivity contribution in [3.05, 3.63) is 41.6 Å². The molecule has 170 valence electrons. The SMILES string of the molecule is CC1(C)CCC(C)(C)C2CC(c3cccc(N4CCN(CCCCO)CC4)n3)=CC=C21. The number of hydrogen-bond donors (Lipinski definition) is 1. The number of unbranched alkanes of at least 4 members (excludes halogenated alkanes) is 1.